The van der Waals surface area contributed by atoms with Crippen LogP contribution in [0.5, 0.6) is 11.5 Å². The van der Waals surface area contributed by atoms with E-state index >= 15 is 0 Å². The third-order valence-corrected chi connectivity index (χ3v) is 15.6. The predicted molar refractivity (Wildman–Crippen MR) is 292 cm³/mol. The number of hydrogen-bond donors (Lipinski definition) is 0. The first kappa shape index (κ1) is 43.0. The maximum Gasteiger partial charge on any atom is 0.269 e. The van der Waals surface area contributed by atoms with Crippen molar-refractivity contribution in [2.24, 2.45) is 0 Å². The lowest BCUT2D eigenvalue weighted by atomic mass is 9.61. The zero-order valence-electron chi connectivity index (χ0n) is 41.5. The molecule has 0 aliphatic heterocycles. The molecule has 71 heavy (non-hydrogen) atoms. The molecule has 2 aliphatic carbocycles. The van der Waals surface area contributed by atoms with Crippen molar-refractivity contribution in [2.75, 3.05) is 0 Å². The normalized spacial score (nSPS) is 14.5. The lowest BCUT2D eigenvalue weighted by Gasteiger charge is -2.44. The topological polar surface area (TPSA) is 35.9 Å². The largest absolute Gasteiger partial charge is 0.458 e. The number of pyridine rings is 1. The molecule has 3 aromatic heterocycles. The van der Waals surface area contributed by atoms with Crippen molar-refractivity contribution in [3.05, 3.63) is 211 Å². The van der Waals surface area contributed by atoms with Gasteiger partial charge in [-0.3, -0.25) is 13.7 Å². The highest BCUT2D eigenvalue weighted by Gasteiger charge is 2.42. The number of nitrogens with zero attached hydrogens (tertiary/aromatic N) is 4. The van der Waals surface area contributed by atoms with Gasteiger partial charge in [0, 0.05) is 28.6 Å². The highest BCUT2D eigenvalue weighted by molar-refractivity contribution is 6.10. The van der Waals surface area contributed by atoms with Crippen LogP contribution >= 0.6 is 0 Å². The molecule has 0 spiro atoms. The van der Waals surface area contributed by atoms with E-state index < -0.39 is 0 Å². The van der Waals surface area contributed by atoms with Crippen LogP contribution < -0.4 is 9.30 Å². The number of ether oxygens (including phenoxy) is 1. The fourth-order valence-corrected chi connectivity index (χ4v) is 11.8. The molecular formula is C66H56N4O. The second-order valence-electron chi connectivity index (χ2n) is 22.0. The molecular weight excluding hydrogens is 865 g/mol. The van der Waals surface area contributed by atoms with E-state index in [9.17, 15) is 0 Å². The summed E-state index contributed by atoms with van der Waals surface area (Å²) in [6.07, 6.45) is 8.14. The van der Waals surface area contributed by atoms with Gasteiger partial charge in [0.1, 0.15) is 17.3 Å². The number of fused-ring (bicyclic) bond motifs is 13. The molecule has 0 saturated carbocycles. The number of rotatable bonds is 5. The summed E-state index contributed by atoms with van der Waals surface area (Å²) >= 11 is 0. The van der Waals surface area contributed by atoms with Gasteiger partial charge in [-0.1, -0.05) is 176 Å². The molecule has 0 amide bonds. The fourth-order valence-electron chi connectivity index (χ4n) is 11.8. The molecule has 0 atom stereocenters. The van der Waals surface area contributed by atoms with Crippen LogP contribution in [0, 0.1) is 6.33 Å². The Kier molecular flexibility index (Phi) is 9.54. The average Bonchev–Trinajstić information content (AvgIpc) is 3.93. The Hall–Kier alpha value is -8.02. The third kappa shape index (κ3) is 6.81. The van der Waals surface area contributed by atoms with Gasteiger partial charge in [-0.25, -0.2) is 4.98 Å². The van der Waals surface area contributed by atoms with Gasteiger partial charge in [0.05, 0.1) is 33.4 Å². The Labute approximate surface area is 416 Å². The number of imidazole rings is 1. The summed E-state index contributed by atoms with van der Waals surface area (Å²) < 4.78 is 13.8. The van der Waals surface area contributed by atoms with Crippen LogP contribution in [0.25, 0.3) is 94.5 Å². The lowest BCUT2D eigenvalue weighted by molar-refractivity contribution is -0.572. The van der Waals surface area contributed by atoms with E-state index in [-0.39, 0.29) is 16.2 Å². The van der Waals surface area contributed by atoms with E-state index in [4.69, 9.17) is 9.72 Å². The second kappa shape index (κ2) is 15.7. The summed E-state index contributed by atoms with van der Waals surface area (Å²) in [5.74, 6) is 2.38. The zero-order chi connectivity index (χ0) is 48.4. The molecule has 3 heterocycles. The van der Waals surface area contributed by atoms with Crippen LogP contribution in [0.2, 0.25) is 0 Å². The highest BCUT2D eigenvalue weighted by atomic mass is 16.5. The van der Waals surface area contributed by atoms with Crippen LogP contribution in [0.4, 0.5) is 0 Å². The van der Waals surface area contributed by atoms with Crippen molar-refractivity contribution < 1.29 is 9.30 Å². The highest BCUT2D eigenvalue weighted by Crippen LogP contribution is 2.56. The van der Waals surface area contributed by atoms with Crippen LogP contribution in [-0.4, -0.2) is 14.1 Å². The molecule has 0 saturated heterocycles. The van der Waals surface area contributed by atoms with E-state index in [1.54, 1.807) is 0 Å². The number of hydrogen-bond acceptors (Lipinski definition) is 2. The lowest BCUT2D eigenvalue weighted by Crippen LogP contribution is -2.41. The molecule has 346 valence electrons. The van der Waals surface area contributed by atoms with Gasteiger partial charge in [0.2, 0.25) is 0 Å². The average molecular weight is 921 g/mol. The Morgan fingerprint density at radius 1 is 0.535 bits per heavy atom. The van der Waals surface area contributed by atoms with Crippen LogP contribution in [0.1, 0.15) is 78.0 Å². The van der Waals surface area contributed by atoms with Gasteiger partial charge in [0.15, 0.2) is 0 Å². The SMILES string of the molecule is CC(C)(C)c1ccnc(-n2c3ccccc3c3ccc(Oc4cccc(-n5[c-][n+](-c6c7c(cc8c6C(C)(C)CCC8(C)C)-c6ccccc6-c6ccccc6-c6ccccc6-7)c6ccccc65)c4)cc32)c1. The Balaban J connectivity index is 1.01. The van der Waals surface area contributed by atoms with Gasteiger partial charge in [-0.05, 0) is 133 Å². The smallest absolute Gasteiger partial charge is 0.269 e. The van der Waals surface area contributed by atoms with Gasteiger partial charge in [-0.2, -0.15) is 0 Å². The summed E-state index contributed by atoms with van der Waals surface area (Å²) in [5.41, 5.74) is 20.2. The summed E-state index contributed by atoms with van der Waals surface area (Å²) in [7, 11) is 0. The van der Waals surface area contributed by atoms with E-state index in [0.29, 0.717) is 0 Å². The Morgan fingerprint density at radius 2 is 1.13 bits per heavy atom. The summed E-state index contributed by atoms with van der Waals surface area (Å²) in [5, 5.41) is 2.33. The molecule has 11 aromatic rings. The first-order chi connectivity index (χ1) is 34.3. The molecule has 0 N–H and O–H groups in total. The molecule has 5 heteroatoms. The van der Waals surface area contributed by atoms with Crippen molar-refractivity contribution in [1.29, 1.82) is 0 Å². The predicted octanol–water partition coefficient (Wildman–Crippen LogP) is 16.6. The standard InChI is InChI=1S/C66H56N4O/c1-64(2,3)42-33-36-67-60(37-42)70-56-28-15-14-26-51(56)52-32-31-45(39-59(52)70)71-44-20-18-19-43(38-44)68-41-69(58-30-17-16-29-57(58)68)63-61-53-27-13-12-24-49(53)47-22-9-8-21-46(47)48-23-10-11-25-50(48)54(61)40-55-62(63)66(6,7)35-34-65(55,4)5/h8-33,36-40H,34-35H2,1-7H3. The van der Waals surface area contributed by atoms with Crippen molar-refractivity contribution in [3.63, 3.8) is 0 Å². The van der Waals surface area contributed by atoms with E-state index in [1.165, 1.54) is 72.3 Å². The van der Waals surface area contributed by atoms with Crippen molar-refractivity contribution in [3.8, 4) is 73.2 Å². The molecule has 5 nitrogen and oxygen atoms in total. The number of aromatic nitrogens is 4. The molecule has 2 aliphatic rings. The molecule has 8 aromatic carbocycles. The maximum atomic E-state index is 6.87. The molecule has 13 rings (SSSR count). The van der Waals surface area contributed by atoms with Crippen LogP contribution in [0.15, 0.2) is 188 Å². The van der Waals surface area contributed by atoms with Crippen molar-refractivity contribution >= 4 is 32.8 Å². The minimum absolute atomic E-state index is 0.0196. The van der Waals surface area contributed by atoms with Gasteiger partial charge >= 0.3 is 0 Å². The molecule has 0 bridgehead atoms. The van der Waals surface area contributed by atoms with Gasteiger partial charge in [0.25, 0.3) is 6.33 Å². The first-order valence-electron chi connectivity index (χ1n) is 25.1. The minimum Gasteiger partial charge on any atom is -0.458 e. The van der Waals surface area contributed by atoms with E-state index in [1.807, 2.05) is 12.3 Å². The summed E-state index contributed by atoms with van der Waals surface area (Å²) in [6.45, 7) is 16.5. The monoisotopic (exact) mass is 920 g/mol. The maximum absolute atomic E-state index is 6.87. The Morgan fingerprint density at radius 3 is 1.85 bits per heavy atom. The summed E-state index contributed by atoms with van der Waals surface area (Å²) in [4.78, 5) is 4.92. The van der Waals surface area contributed by atoms with Gasteiger partial charge in [-0.15, -0.1) is 0 Å². The molecule has 0 radical (unpaired) electrons. The number of benzene rings is 8. The van der Waals surface area contributed by atoms with Crippen LogP contribution in [0.3, 0.4) is 0 Å². The van der Waals surface area contributed by atoms with Crippen molar-refractivity contribution in [2.45, 2.75) is 77.6 Å². The fraction of sp³-hybridized carbons (Fsp3) is 0.182. The van der Waals surface area contributed by atoms with Crippen LogP contribution in [-0.2, 0) is 16.2 Å². The minimum atomic E-state index is -0.125. The third-order valence-electron chi connectivity index (χ3n) is 15.6. The van der Waals surface area contributed by atoms with Crippen molar-refractivity contribution in [1.82, 2.24) is 14.1 Å². The molecule has 0 unspecified atom stereocenters. The first-order valence-corrected chi connectivity index (χ1v) is 25.1. The second-order valence-corrected chi connectivity index (χ2v) is 22.0. The summed E-state index contributed by atoms with van der Waals surface area (Å²) in [6, 6.07) is 66.1. The van der Waals surface area contributed by atoms with Gasteiger partial charge < -0.3 is 4.74 Å². The Bertz CT molecular complexity index is 3970. The van der Waals surface area contributed by atoms with E-state index in [2.05, 4.69) is 244 Å². The molecule has 0 fully saturated rings. The van der Waals surface area contributed by atoms with E-state index in [0.717, 1.165) is 63.3 Å². The zero-order valence-corrected chi connectivity index (χ0v) is 41.5. The quantitative estimate of drug-likeness (QED) is 0.127. The number of para-hydroxylation sites is 3.